The molecular weight excluding hydrogens is 324 g/mol. The number of nitrogens with zero attached hydrogens (tertiary/aromatic N) is 2. The summed E-state index contributed by atoms with van der Waals surface area (Å²) < 4.78 is 11.6. The Hall–Kier alpha value is -2.62. The lowest BCUT2D eigenvalue weighted by Gasteiger charge is -2.09. The van der Waals surface area contributed by atoms with Crippen molar-refractivity contribution in [2.75, 3.05) is 13.2 Å². The van der Waals surface area contributed by atoms with E-state index in [-0.39, 0.29) is 0 Å². The van der Waals surface area contributed by atoms with Gasteiger partial charge in [-0.25, -0.2) is 0 Å². The summed E-state index contributed by atoms with van der Waals surface area (Å²) in [6.07, 6.45) is 13.6. The second-order valence-electron chi connectivity index (χ2n) is 6.02. The molecule has 0 fully saturated rings. The molecule has 0 aliphatic heterocycles. The van der Waals surface area contributed by atoms with Crippen molar-refractivity contribution in [3.63, 3.8) is 0 Å². The molecule has 0 saturated heterocycles. The molecule has 2 rings (SSSR count). The van der Waals surface area contributed by atoms with Gasteiger partial charge >= 0.3 is 0 Å². The summed E-state index contributed by atoms with van der Waals surface area (Å²) in [7, 11) is 0. The van der Waals surface area contributed by atoms with Crippen LogP contribution in [-0.4, -0.2) is 23.2 Å². The van der Waals surface area contributed by atoms with Crippen molar-refractivity contribution in [2.24, 2.45) is 0 Å². The number of ether oxygens (including phenoxy) is 2. The van der Waals surface area contributed by atoms with Gasteiger partial charge in [-0.2, -0.15) is 0 Å². The first-order valence-electron chi connectivity index (χ1n) is 9.23. The minimum atomic E-state index is 0.693. The van der Waals surface area contributed by atoms with Crippen molar-refractivity contribution in [3.8, 4) is 22.9 Å². The van der Waals surface area contributed by atoms with Gasteiger partial charge in [-0.05, 0) is 50.7 Å². The molecule has 0 atom stereocenters. The van der Waals surface area contributed by atoms with E-state index in [0.29, 0.717) is 13.2 Å². The van der Waals surface area contributed by atoms with E-state index < -0.39 is 0 Å². The minimum absolute atomic E-state index is 0.693. The molecule has 0 bridgehead atoms. The standard InChI is InChI=1S/C22H28N2O2/c1-3-5-7-9-15-25-19-11-13-23-21(17-19)22-18-20(12-14-24-22)26-16-10-8-6-4-2/h3-4,11-14,17-18H,1-2,5-10,15-16H2. The highest BCUT2D eigenvalue weighted by molar-refractivity contribution is 5.57. The summed E-state index contributed by atoms with van der Waals surface area (Å²) in [5.41, 5.74) is 1.57. The third kappa shape index (κ3) is 7.09. The zero-order valence-corrected chi connectivity index (χ0v) is 15.4. The molecule has 0 aliphatic rings. The lowest BCUT2D eigenvalue weighted by atomic mass is 10.2. The Balaban J connectivity index is 1.91. The number of aromatic nitrogens is 2. The molecule has 138 valence electrons. The van der Waals surface area contributed by atoms with Crippen LogP contribution in [0.5, 0.6) is 11.5 Å². The SMILES string of the molecule is C=CCCCCOc1ccnc(-c2cc(OCCCCC=C)ccn2)c1. The Morgan fingerprint density at radius 3 is 1.62 bits per heavy atom. The van der Waals surface area contributed by atoms with Crippen LogP contribution >= 0.6 is 0 Å². The van der Waals surface area contributed by atoms with Gasteiger partial charge in [0.1, 0.15) is 11.5 Å². The minimum Gasteiger partial charge on any atom is -0.493 e. The van der Waals surface area contributed by atoms with Crippen LogP contribution < -0.4 is 9.47 Å². The zero-order chi connectivity index (χ0) is 18.5. The van der Waals surface area contributed by atoms with E-state index in [2.05, 4.69) is 23.1 Å². The van der Waals surface area contributed by atoms with Crippen molar-refractivity contribution in [1.82, 2.24) is 9.97 Å². The fraction of sp³-hybridized carbons (Fsp3) is 0.364. The summed E-state index contributed by atoms with van der Waals surface area (Å²) in [6, 6.07) is 7.58. The van der Waals surface area contributed by atoms with Gasteiger partial charge in [-0.15, -0.1) is 13.2 Å². The van der Waals surface area contributed by atoms with Crippen LogP contribution in [0.3, 0.4) is 0 Å². The molecule has 4 nitrogen and oxygen atoms in total. The van der Waals surface area contributed by atoms with E-state index in [0.717, 1.165) is 61.4 Å². The summed E-state index contributed by atoms with van der Waals surface area (Å²) in [5.74, 6) is 1.62. The molecule has 0 spiro atoms. The number of pyridine rings is 2. The number of unbranched alkanes of at least 4 members (excludes halogenated alkanes) is 4. The van der Waals surface area contributed by atoms with Crippen LogP contribution in [0.2, 0.25) is 0 Å². The van der Waals surface area contributed by atoms with Crippen LogP contribution in [0.4, 0.5) is 0 Å². The van der Waals surface area contributed by atoms with Gasteiger partial charge in [-0.1, -0.05) is 12.2 Å². The van der Waals surface area contributed by atoms with Crippen LogP contribution in [-0.2, 0) is 0 Å². The zero-order valence-electron chi connectivity index (χ0n) is 15.4. The quantitative estimate of drug-likeness (QED) is 0.347. The normalized spacial score (nSPS) is 10.3. The highest BCUT2D eigenvalue weighted by Gasteiger charge is 2.05. The van der Waals surface area contributed by atoms with Crippen molar-refractivity contribution in [3.05, 3.63) is 62.0 Å². The smallest absolute Gasteiger partial charge is 0.123 e. The molecule has 0 radical (unpaired) electrons. The molecule has 0 unspecified atom stereocenters. The Morgan fingerprint density at radius 1 is 0.731 bits per heavy atom. The Morgan fingerprint density at radius 2 is 1.19 bits per heavy atom. The van der Waals surface area contributed by atoms with Crippen molar-refractivity contribution in [1.29, 1.82) is 0 Å². The van der Waals surface area contributed by atoms with Crippen LogP contribution in [0, 0.1) is 0 Å². The maximum Gasteiger partial charge on any atom is 0.123 e. The van der Waals surface area contributed by atoms with Gasteiger partial charge in [0, 0.05) is 24.5 Å². The molecule has 0 saturated carbocycles. The van der Waals surface area contributed by atoms with Crippen LogP contribution in [0.25, 0.3) is 11.4 Å². The third-order valence-electron chi connectivity index (χ3n) is 3.87. The molecule has 0 aromatic carbocycles. The molecule has 0 N–H and O–H groups in total. The molecule has 4 heteroatoms. The van der Waals surface area contributed by atoms with Gasteiger partial charge < -0.3 is 9.47 Å². The Labute approximate surface area is 156 Å². The molecular formula is C22H28N2O2. The predicted molar refractivity (Wildman–Crippen MR) is 107 cm³/mol. The van der Waals surface area contributed by atoms with E-state index in [1.165, 1.54) is 0 Å². The van der Waals surface area contributed by atoms with Gasteiger partial charge in [0.2, 0.25) is 0 Å². The van der Waals surface area contributed by atoms with Gasteiger partial charge in [0.15, 0.2) is 0 Å². The highest BCUT2D eigenvalue weighted by atomic mass is 16.5. The monoisotopic (exact) mass is 352 g/mol. The van der Waals surface area contributed by atoms with E-state index in [4.69, 9.17) is 9.47 Å². The molecule has 0 aliphatic carbocycles. The summed E-state index contributed by atoms with van der Waals surface area (Å²) >= 11 is 0. The number of hydrogen-bond donors (Lipinski definition) is 0. The van der Waals surface area contributed by atoms with E-state index in [9.17, 15) is 0 Å². The topological polar surface area (TPSA) is 44.2 Å². The number of allylic oxidation sites excluding steroid dienone is 2. The Bertz CT molecular complexity index is 626. The second-order valence-corrected chi connectivity index (χ2v) is 6.02. The molecule has 2 heterocycles. The van der Waals surface area contributed by atoms with E-state index in [1.807, 2.05) is 36.4 Å². The maximum atomic E-state index is 5.81. The third-order valence-corrected chi connectivity index (χ3v) is 3.87. The number of hydrogen-bond acceptors (Lipinski definition) is 4. The first kappa shape index (κ1) is 19.7. The predicted octanol–water partition coefficient (Wildman–Crippen LogP) is 5.61. The molecule has 2 aromatic heterocycles. The molecule has 2 aromatic rings. The largest absolute Gasteiger partial charge is 0.493 e. The lowest BCUT2D eigenvalue weighted by Crippen LogP contribution is -1.99. The Kier molecular flexibility index (Phi) is 8.98. The average molecular weight is 352 g/mol. The molecule has 26 heavy (non-hydrogen) atoms. The lowest BCUT2D eigenvalue weighted by molar-refractivity contribution is 0.306. The van der Waals surface area contributed by atoms with Crippen LogP contribution in [0.15, 0.2) is 62.0 Å². The fourth-order valence-corrected chi connectivity index (χ4v) is 2.44. The van der Waals surface area contributed by atoms with Crippen molar-refractivity contribution >= 4 is 0 Å². The van der Waals surface area contributed by atoms with Crippen LogP contribution in [0.1, 0.15) is 38.5 Å². The van der Waals surface area contributed by atoms with Gasteiger partial charge in [0.25, 0.3) is 0 Å². The average Bonchev–Trinajstić information content (AvgIpc) is 2.68. The van der Waals surface area contributed by atoms with Crippen molar-refractivity contribution in [2.45, 2.75) is 38.5 Å². The first-order chi connectivity index (χ1) is 12.8. The second kappa shape index (κ2) is 11.9. The van der Waals surface area contributed by atoms with E-state index >= 15 is 0 Å². The fourth-order valence-electron chi connectivity index (χ4n) is 2.44. The maximum absolute atomic E-state index is 5.81. The number of rotatable bonds is 13. The highest BCUT2D eigenvalue weighted by Crippen LogP contribution is 2.23. The summed E-state index contributed by atoms with van der Waals surface area (Å²) in [6.45, 7) is 8.85. The van der Waals surface area contributed by atoms with E-state index in [1.54, 1.807) is 12.4 Å². The van der Waals surface area contributed by atoms with Gasteiger partial charge in [0.05, 0.1) is 24.6 Å². The summed E-state index contributed by atoms with van der Waals surface area (Å²) in [4.78, 5) is 8.81. The molecule has 0 amide bonds. The summed E-state index contributed by atoms with van der Waals surface area (Å²) in [5, 5.41) is 0. The van der Waals surface area contributed by atoms with Crippen molar-refractivity contribution < 1.29 is 9.47 Å². The first-order valence-corrected chi connectivity index (χ1v) is 9.23. The van der Waals surface area contributed by atoms with Gasteiger partial charge in [-0.3, -0.25) is 9.97 Å².